The van der Waals surface area contributed by atoms with Gasteiger partial charge in [-0.25, -0.2) is 9.67 Å². The third kappa shape index (κ3) is 1.84. The minimum Gasteiger partial charge on any atom is -0.295 e. The molecule has 0 radical (unpaired) electrons. The normalized spacial score (nSPS) is 10.8. The average Bonchev–Trinajstić information content (AvgIpc) is 2.87. The molecule has 2 aromatic heterocycles. The van der Waals surface area contributed by atoms with Crippen LogP contribution in [0, 0.1) is 6.92 Å². The van der Waals surface area contributed by atoms with Crippen LogP contribution in [0.15, 0.2) is 54.2 Å². The van der Waals surface area contributed by atoms with Crippen LogP contribution in [0.25, 0.3) is 16.7 Å². The molecule has 1 aromatic carbocycles. The quantitative estimate of drug-likeness (QED) is 0.682. The van der Waals surface area contributed by atoms with E-state index in [4.69, 9.17) is 0 Å². The Morgan fingerprint density at radius 2 is 2.15 bits per heavy atom. The fourth-order valence-electron chi connectivity index (χ4n) is 2.20. The van der Waals surface area contributed by atoms with Crippen molar-refractivity contribution in [3.8, 4) is 5.69 Å². The molecule has 3 aromatic rings. The van der Waals surface area contributed by atoms with Crippen molar-refractivity contribution in [3.63, 3.8) is 0 Å². The Morgan fingerprint density at radius 3 is 2.90 bits per heavy atom. The van der Waals surface area contributed by atoms with Crippen molar-refractivity contribution in [3.05, 3.63) is 65.4 Å². The Kier molecular flexibility index (Phi) is 2.95. The lowest BCUT2D eigenvalue weighted by Gasteiger charge is -2.06. The molecule has 0 aliphatic carbocycles. The number of para-hydroxylation sites is 1. The Morgan fingerprint density at radius 1 is 1.35 bits per heavy atom. The molecule has 0 unspecified atom stereocenters. The van der Waals surface area contributed by atoms with Gasteiger partial charge in [0, 0.05) is 6.54 Å². The van der Waals surface area contributed by atoms with Crippen LogP contribution in [0.2, 0.25) is 0 Å². The number of aromatic nitrogens is 4. The van der Waals surface area contributed by atoms with Crippen LogP contribution >= 0.6 is 0 Å². The van der Waals surface area contributed by atoms with Gasteiger partial charge < -0.3 is 0 Å². The van der Waals surface area contributed by atoms with Crippen molar-refractivity contribution in [2.75, 3.05) is 0 Å². The van der Waals surface area contributed by atoms with Gasteiger partial charge in [-0.2, -0.15) is 5.10 Å². The van der Waals surface area contributed by atoms with E-state index >= 15 is 0 Å². The number of hydrogen-bond donors (Lipinski definition) is 0. The van der Waals surface area contributed by atoms with Crippen molar-refractivity contribution in [1.82, 2.24) is 19.3 Å². The van der Waals surface area contributed by atoms with Gasteiger partial charge >= 0.3 is 0 Å². The number of nitrogens with zero attached hydrogens (tertiary/aromatic N) is 4. The van der Waals surface area contributed by atoms with Gasteiger partial charge in [-0.15, -0.1) is 6.58 Å². The number of allylic oxidation sites excluding steroid dienone is 1. The lowest BCUT2D eigenvalue weighted by Crippen LogP contribution is -2.19. The first-order valence-corrected chi connectivity index (χ1v) is 6.32. The molecule has 0 aliphatic heterocycles. The summed E-state index contributed by atoms with van der Waals surface area (Å²) in [6.07, 6.45) is 4.76. The van der Waals surface area contributed by atoms with E-state index in [9.17, 15) is 4.79 Å². The van der Waals surface area contributed by atoms with E-state index in [1.807, 2.05) is 31.2 Å². The molecule has 0 saturated carbocycles. The summed E-state index contributed by atoms with van der Waals surface area (Å²) in [6, 6.07) is 7.87. The van der Waals surface area contributed by atoms with Crippen molar-refractivity contribution in [1.29, 1.82) is 0 Å². The summed E-state index contributed by atoms with van der Waals surface area (Å²) in [6.45, 7) is 6.08. The summed E-state index contributed by atoms with van der Waals surface area (Å²) < 4.78 is 3.21. The molecule has 0 saturated heterocycles. The highest BCUT2D eigenvalue weighted by Gasteiger charge is 2.11. The van der Waals surface area contributed by atoms with E-state index in [1.165, 1.54) is 10.9 Å². The lowest BCUT2D eigenvalue weighted by atomic mass is 10.2. The van der Waals surface area contributed by atoms with Crippen LogP contribution in [0.4, 0.5) is 0 Å². The highest BCUT2D eigenvalue weighted by atomic mass is 16.1. The van der Waals surface area contributed by atoms with E-state index in [1.54, 1.807) is 17.0 Å². The maximum Gasteiger partial charge on any atom is 0.264 e. The number of hydrogen-bond acceptors (Lipinski definition) is 3. The van der Waals surface area contributed by atoms with Gasteiger partial charge in [0.2, 0.25) is 0 Å². The number of fused-ring (bicyclic) bond motifs is 1. The molecule has 100 valence electrons. The topological polar surface area (TPSA) is 52.7 Å². The van der Waals surface area contributed by atoms with Gasteiger partial charge in [0.15, 0.2) is 5.65 Å². The minimum absolute atomic E-state index is 0.102. The van der Waals surface area contributed by atoms with Crippen molar-refractivity contribution >= 4 is 11.0 Å². The second-order valence-corrected chi connectivity index (χ2v) is 4.57. The summed E-state index contributed by atoms with van der Waals surface area (Å²) in [5.74, 6) is 0. The SMILES string of the molecule is C=CCn1cnc2c(cnn2-c2ccccc2C)c1=O. The van der Waals surface area contributed by atoms with Gasteiger partial charge in [0.25, 0.3) is 5.56 Å². The molecule has 20 heavy (non-hydrogen) atoms. The summed E-state index contributed by atoms with van der Waals surface area (Å²) >= 11 is 0. The number of rotatable bonds is 3. The molecule has 0 N–H and O–H groups in total. The predicted molar refractivity (Wildman–Crippen MR) is 78.1 cm³/mol. The largest absolute Gasteiger partial charge is 0.295 e. The summed E-state index contributed by atoms with van der Waals surface area (Å²) in [7, 11) is 0. The van der Waals surface area contributed by atoms with Gasteiger partial charge in [-0.1, -0.05) is 24.3 Å². The molecule has 0 spiro atoms. The molecule has 0 bridgehead atoms. The Hall–Kier alpha value is -2.69. The monoisotopic (exact) mass is 266 g/mol. The minimum atomic E-state index is -0.102. The van der Waals surface area contributed by atoms with Crippen molar-refractivity contribution in [2.24, 2.45) is 0 Å². The third-order valence-electron chi connectivity index (χ3n) is 3.22. The highest BCUT2D eigenvalue weighted by molar-refractivity contribution is 5.75. The average molecular weight is 266 g/mol. The lowest BCUT2D eigenvalue weighted by molar-refractivity contribution is 0.764. The van der Waals surface area contributed by atoms with Gasteiger partial charge in [0.1, 0.15) is 11.7 Å². The first-order valence-electron chi connectivity index (χ1n) is 6.32. The summed E-state index contributed by atoms with van der Waals surface area (Å²) in [5, 5.41) is 4.82. The third-order valence-corrected chi connectivity index (χ3v) is 3.22. The van der Waals surface area contributed by atoms with E-state index in [0.717, 1.165) is 11.3 Å². The first kappa shape index (κ1) is 12.3. The number of benzene rings is 1. The second kappa shape index (κ2) is 4.77. The van der Waals surface area contributed by atoms with Crippen molar-refractivity contribution in [2.45, 2.75) is 13.5 Å². The zero-order chi connectivity index (χ0) is 14.1. The molecule has 0 aliphatic rings. The standard InChI is InChI=1S/C15H14N4O/c1-3-8-18-10-16-14-12(15(18)20)9-17-19(14)13-7-5-4-6-11(13)2/h3-7,9-10H,1,8H2,2H3. The summed E-state index contributed by atoms with van der Waals surface area (Å²) in [4.78, 5) is 16.6. The van der Waals surface area contributed by atoms with Crippen LogP contribution in [0.5, 0.6) is 0 Å². The molecular formula is C15H14N4O. The first-order chi connectivity index (χ1) is 9.72. The fraction of sp³-hybridized carbons (Fsp3) is 0.133. The van der Waals surface area contributed by atoms with E-state index in [0.29, 0.717) is 17.6 Å². The predicted octanol–water partition coefficient (Wildman–Crippen LogP) is 2.08. The molecule has 5 heteroatoms. The molecule has 0 amide bonds. The molecule has 5 nitrogen and oxygen atoms in total. The van der Waals surface area contributed by atoms with Crippen LogP contribution in [-0.4, -0.2) is 19.3 Å². The smallest absolute Gasteiger partial charge is 0.264 e. The molecule has 3 rings (SSSR count). The fourth-order valence-corrected chi connectivity index (χ4v) is 2.20. The van der Waals surface area contributed by atoms with Gasteiger partial charge in [-0.05, 0) is 18.6 Å². The van der Waals surface area contributed by atoms with Crippen LogP contribution < -0.4 is 5.56 Å². The van der Waals surface area contributed by atoms with Crippen LogP contribution in [0.3, 0.4) is 0 Å². The zero-order valence-electron chi connectivity index (χ0n) is 11.2. The molecular weight excluding hydrogens is 252 g/mol. The van der Waals surface area contributed by atoms with E-state index in [-0.39, 0.29) is 5.56 Å². The molecule has 0 fully saturated rings. The summed E-state index contributed by atoms with van der Waals surface area (Å²) in [5.41, 5.74) is 2.48. The Balaban J connectivity index is 2.26. The van der Waals surface area contributed by atoms with Crippen molar-refractivity contribution < 1.29 is 0 Å². The second-order valence-electron chi connectivity index (χ2n) is 4.57. The molecule has 0 atom stereocenters. The molecule has 2 heterocycles. The Bertz CT molecular complexity index is 844. The van der Waals surface area contributed by atoms with Crippen LogP contribution in [0.1, 0.15) is 5.56 Å². The Labute approximate surface area is 115 Å². The highest BCUT2D eigenvalue weighted by Crippen LogP contribution is 2.16. The zero-order valence-corrected chi connectivity index (χ0v) is 11.2. The van der Waals surface area contributed by atoms with E-state index in [2.05, 4.69) is 16.7 Å². The van der Waals surface area contributed by atoms with E-state index < -0.39 is 0 Å². The van der Waals surface area contributed by atoms with Crippen LogP contribution in [-0.2, 0) is 6.54 Å². The van der Waals surface area contributed by atoms with Gasteiger partial charge in [-0.3, -0.25) is 9.36 Å². The maximum absolute atomic E-state index is 12.3. The number of aryl methyl sites for hydroxylation is 1. The van der Waals surface area contributed by atoms with Gasteiger partial charge in [0.05, 0.1) is 11.9 Å². The maximum atomic E-state index is 12.3.